The minimum Gasteiger partial charge on any atom is -0.465 e. The number of hydrogen-bond donors (Lipinski definition) is 3. The summed E-state index contributed by atoms with van der Waals surface area (Å²) in [6.45, 7) is 0.308. The van der Waals surface area contributed by atoms with Gasteiger partial charge in [0.2, 0.25) is 5.95 Å². The van der Waals surface area contributed by atoms with Gasteiger partial charge in [-0.2, -0.15) is 4.98 Å². The summed E-state index contributed by atoms with van der Waals surface area (Å²) in [6.07, 6.45) is 3.41. The molecule has 8 nitrogen and oxygen atoms in total. The van der Waals surface area contributed by atoms with E-state index in [9.17, 15) is 4.79 Å². The van der Waals surface area contributed by atoms with E-state index in [0.29, 0.717) is 29.6 Å². The minimum atomic E-state index is -0.391. The molecule has 2 aromatic heterocycles. The van der Waals surface area contributed by atoms with Gasteiger partial charge in [-0.05, 0) is 36.4 Å². The van der Waals surface area contributed by atoms with Crippen LogP contribution in [0.15, 0.2) is 54.9 Å². The standard InChI is InChI=1S/C19H19N5O3/c1-27-18(26)13-4-6-15(7-5-13)22-17-11-16(14-3-2-8-20-12-14)23-19(24-17)21-9-10-25/h2-8,11-12,25H,9-10H2,1H3,(H2,21,22,23,24). The number of nitrogens with one attached hydrogen (secondary N) is 2. The van der Waals surface area contributed by atoms with Crippen molar-refractivity contribution in [3.63, 3.8) is 0 Å². The normalized spacial score (nSPS) is 10.3. The van der Waals surface area contributed by atoms with Crippen molar-refractivity contribution in [1.82, 2.24) is 15.0 Å². The van der Waals surface area contributed by atoms with Crippen LogP contribution in [0.4, 0.5) is 17.5 Å². The number of esters is 1. The van der Waals surface area contributed by atoms with E-state index in [2.05, 4.69) is 25.6 Å². The Balaban J connectivity index is 1.88. The van der Waals surface area contributed by atoms with Crippen molar-refractivity contribution < 1.29 is 14.6 Å². The molecule has 0 aliphatic rings. The quantitative estimate of drug-likeness (QED) is 0.548. The van der Waals surface area contributed by atoms with Crippen molar-refractivity contribution in [3.8, 4) is 11.3 Å². The third-order valence-corrected chi connectivity index (χ3v) is 3.66. The molecule has 0 bridgehead atoms. The molecule has 3 aromatic rings. The second-order valence-electron chi connectivity index (χ2n) is 5.55. The fraction of sp³-hybridized carbons (Fsp3) is 0.158. The fourth-order valence-corrected chi connectivity index (χ4v) is 2.38. The van der Waals surface area contributed by atoms with Crippen LogP contribution < -0.4 is 10.6 Å². The lowest BCUT2D eigenvalue weighted by Gasteiger charge is -2.11. The molecular weight excluding hydrogens is 346 g/mol. The van der Waals surface area contributed by atoms with Gasteiger partial charge in [0, 0.05) is 36.3 Å². The smallest absolute Gasteiger partial charge is 0.337 e. The van der Waals surface area contributed by atoms with Crippen molar-refractivity contribution in [2.45, 2.75) is 0 Å². The molecule has 0 saturated carbocycles. The summed E-state index contributed by atoms with van der Waals surface area (Å²) in [6, 6.07) is 12.4. The second-order valence-corrected chi connectivity index (χ2v) is 5.55. The maximum absolute atomic E-state index is 11.5. The number of rotatable bonds is 7. The maximum Gasteiger partial charge on any atom is 0.337 e. The monoisotopic (exact) mass is 365 g/mol. The summed E-state index contributed by atoms with van der Waals surface area (Å²) < 4.78 is 4.70. The first-order valence-electron chi connectivity index (χ1n) is 8.29. The molecule has 27 heavy (non-hydrogen) atoms. The first kappa shape index (κ1) is 18.3. The van der Waals surface area contributed by atoms with Gasteiger partial charge in [0.25, 0.3) is 0 Å². The summed E-state index contributed by atoms with van der Waals surface area (Å²) in [5, 5.41) is 15.2. The third kappa shape index (κ3) is 4.77. The molecular formula is C19H19N5O3. The molecule has 0 unspecified atom stereocenters. The predicted octanol–water partition coefficient (Wildman–Crippen LogP) is 2.47. The largest absolute Gasteiger partial charge is 0.465 e. The zero-order valence-electron chi connectivity index (χ0n) is 14.7. The second kappa shape index (κ2) is 8.72. The Kier molecular flexibility index (Phi) is 5.91. The summed E-state index contributed by atoms with van der Waals surface area (Å²) in [4.78, 5) is 24.5. The molecule has 0 amide bonds. The van der Waals surface area contributed by atoms with E-state index in [1.54, 1.807) is 42.7 Å². The van der Waals surface area contributed by atoms with E-state index in [1.807, 2.05) is 12.1 Å². The van der Waals surface area contributed by atoms with E-state index in [-0.39, 0.29) is 6.61 Å². The van der Waals surface area contributed by atoms with Crippen molar-refractivity contribution in [3.05, 3.63) is 60.4 Å². The number of aliphatic hydroxyl groups is 1. The highest BCUT2D eigenvalue weighted by molar-refractivity contribution is 5.89. The number of aliphatic hydroxyl groups excluding tert-OH is 1. The number of pyridine rings is 1. The van der Waals surface area contributed by atoms with Gasteiger partial charge >= 0.3 is 5.97 Å². The van der Waals surface area contributed by atoms with E-state index < -0.39 is 5.97 Å². The molecule has 138 valence electrons. The van der Waals surface area contributed by atoms with Crippen molar-refractivity contribution in [1.29, 1.82) is 0 Å². The molecule has 3 N–H and O–H groups in total. The number of methoxy groups -OCH3 is 1. The summed E-state index contributed by atoms with van der Waals surface area (Å²) in [7, 11) is 1.34. The first-order valence-corrected chi connectivity index (χ1v) is 8.29. The lowest BCUT2D eigenvalue weighted by atomic mass is 10.2. The Morgan fingerprint density at radius 1 is 1.19 bits per heavy atom. The average Bonchev–Trinajstić information content (AvgIpc) is 2.72. The van der Waals surface area contributed by atoms with Gasteiger partial charge in [-0.1, -0.05) is 0 Å². The SMILES string of the molecule is COC(=O)c1ccc(Nc2cc(-c3cccnc3)nc(NCCO)n2)cc1. The van der Waals surface area contributed by atoms with Crippen molar-refractivity contribution >= 4 is 23.4 Å². The Labute approximate surface area is 156 Å². The van der Waals surface area contributed by atoms with Crippen LogP contribution in [0.2, 0.25) is 0 Å². The lowest BCUT2D eigenvalue weighted by molar-refractivity contribution is 0.0601. The van der Waals surface area contributed by atoms with E-state index >= 15 is 0 Å². The van der Waals surface area contributed by atoms with E-state index in [0.717, 1.165) is 11.3 Å². The number of anilines is 3. The van der Waals surface area contributed by atoms with Crippen molar-refractivity contribution in [2.24, 2.45) is 0 Å². The molecule has 3 rings (SSSR count). The van der Waals surface area contributed by atoms with Crippen LogP contribution in [-0.2, 0) is 4.74 Å². The summed E-state index contributed by atoms with van der Waals surface area (Å²) in [5.41, 5.74) is 2.75. The highest BCUT2D eigenvalue weighted by Crippen LogP contribution is 2.23. The predicted molar refractivity (Wildman–Crippen MR) is 102 cm³/mol. The highest BCUT2D eigenvalue weighted by atomic mass is 16.5. The van der Waals surface area contributed by atoms with E-state index in [4.69, 9.17) is 9.84 Å². The molecule has 0 aliphatic heterocycles. The van der Waals surface area contributed by atoms with Crippen LogP contribution >= 0.6 is 0 Å². The number of nitrogens with zero attached hydrogens (tertiary/aromatic N) is 3. The number of carbonyl (C=O) groups is 1. The van der Waals surface area contributed by atoms with Gasteiger partial charge in [-0.25, -0.2) is 9.78 Å². The maximum atomic E-state index is 11.5. The number of aromatic nitrogens is 3. The Hall–Kier alpha value is -3.52. The Morgan fingerprint density at radius 2 is 2.00 bits per heavy atom. The molecule has 1 aromatic carbocycles. The number of ether oxygens (including phenoxy) is 1. The molecule has 0 spiro atoms. The zero-order valence-corrected chi connectivity index (χ0v) is 14.7. The molecule has 2 heterocycles. The lowest BCUT2D eigenvalue weighted by Crippen LogP contribution is -2.10. The van der Waals surface area contributed by atoms with Gasteiger partial charge in [-0.15, -0.1) is 0 Å². The fourth-order valence-electron chi connectivity index (χ4n) is 2.38. The summed E-state index contributed by atoms with van der Waals surface area (Å²) in [5.74, 6) is 0.562. The first-order chi connectivity index (χ1) is 13.2. The van der Waals surface area contributed by atoms with Crippen molar-refractivity contribution in [2.75, 3.05) is 30.9 Å². The van der Waals surface area contributed by atoms with Crippen LogP contribution in [0.1, 0.15) is 10.4 Å². The molecule has 0 atom stereocenters. The van der Waals surface area contributed by atoms with Gasteiger partial charge in [0.15, 0.2) is 0 Å². The van der Waals surface area contributed by atoms with Crippen LogP contribution in [0.5, 0.6) is 0 Å². The number of hydrogen-bond acceptors (Lipinski definition) is 8. The van der Waals surface area contributed by atoms with Crippen LogP contribution in [0.3, 0.4) is 0 Å². The molecule has 0 aliphatic carbocycles. The average molecular weight is 365 g/mol. The number of carbonyl (C=O) groups excluding carboxylic acids is 1. The Morgan fingerprint density at radius 3 is 2.67 bits per heavy atom. The molecule has 0 saturated heterocycles. The zero-order chi connectivity index (χ0) is 19.1. The van der Waals surface area contributed by atoms with Gasteiger partial charge in [0.05, 0.1) is 25.0 Å². The third-order valence-electron chi connectivity index (χ3n) is 3.66. The molecule has 0 radical (unpaired) electrons. The van der Waals surface area contributed by atoms with Gasteiger partial charge in [-0.3, -0.25) is 4.98 Å². The van der Waals surface area contributed by atoms with Gasteiger partial charge < -0.3 is 20.5 Å². The Bertz CT molecular complexity index is 901. The minimum absolute atomic E-state index is 0.0295. The summed E-state index contributed by atoms with van der Waals surface area (Å²) >= 11 is 0. The highest BCUT2D eigenvalue weighted by Gasteiger charge is 2.09. The van der Waals surface area contributed by atoms with E-state index in [1.165, 1.54) is 7.11 Å². The van der Waals surface area contributed by atoms with Crippen LogP contribution in [0.25, 0.3) is 11.3 Å². The molecule has 8 heteroatoms. The topological polar surface area (TPSA) is 109 Å². The number of benzene rings is 1. The van der Waals surface area contributed by atoms with Crippen LogP contribution in [-0.4, -0.2) is 46.3 Å². The van der Waals surface area contributed by atoms with Gasteiger partial charge in [0.1, 0.15) is 5.82 Å². The van der Waals surface area contributed by atoms with Crippen LogP contribution in [0, 0.1) is 0 Å². The molecule has 0 fully saturated rings.